The van der Waals surface area contributed by atoms with Gasteiger partial charge < -0.3 is 4.74 Å². The highest BCUT2D eigenvalue weighted by Gasteiger charge is 2.14. The lowest BCUT2D eigenvalue weighted by atomic mass is 9.95. The van der Waals surface area contributed by atoms with Gasteiger partial charge in [0.25, 0.3) is 0 Å². The Morgan fingerprint density at radius 2 is 2.23 bits per heavy atom. The molecular weight excluding hydrogens is 298 g/mol. The molecule has 1 aliphatic rings. The van der Waals surface area contributed by atoms with Crippen LogP contribution in [-0.4, -0.2) is 37.1 Å². The monoisotopic (exact) mass is 321 g/mol. The summed E-state index contributed by atoms with van der Waals surface area (Å²) in [6, 6.07) is 6.08. The summed E-state index contributed by atoms with van der Waals surface area (Å²) in [5, 5.41) is 0.790. The maximum atomic E-state index is 11.3. The molecule has 0 spiro atoms. The highest BCUT2D eigenvalue weighted by atomic mass is 35.5. The van der Waals surface area contributed by atoms with E-state index in [1.807, 2.05) is 19.1 Å². The van der Waals surface area contributed by atoms with E-state index in [0.717, 1.165) is 37.5 Å². The lowest BCUT2D eigenvalue weighted by Crippen LogP contribution is -2.30. The lowest BCUT2D eigenvalue weighted by molar-refractivity contribution is -0.143. The molecule has 1 aromatic rings. The minimum absolute atomic E-state index is 0.0903. The van der Waals surface area contributed by atoms with Gasteiger partial charge in [0.2, 0.25) is 0 Å². The number of benzene rings is 1. The van der Waals surface area contributed by atoms with Crippen LogP contribution in [0, 0.1) is 6.92 Å². The Labute approximate surface area is 137 Å². The second kappa shape index (κ2) is 8.35. The van der Waals surface area contributed by atoms with Crippen LogP contribution in [0.5, 0.6) is 0 Å². The molecule has 2 rings (SSSR count). The van der Waals surface area contributed by atoms with E-state index in [0.29, 0.717) is 13.0 Å². The Balaban J connectivity index is 1.83. The molecule has 1 aliphatic heterocycles. The second-order valence-electron chi connectivity index (χ2n) is 5.65. The zero-order valence-corrected chi connectivity index (χ0v) is 14.2. The molecule has 0 N–H and O–H groups in total. The molecule has 0 unspecified atom stereocenters. The molecule has 0 atom stereocenters. The third kappa shape index (κ3) is 4.85. The summed E-state index contributed by atoms with van der Waals surface area (Å²) in [4.78, 5) is 13.7. The zero-order valence-electron chi connectivity index (χ0n) is 13.4. The fourth-order valence-electron chi connectivity index (χ4n) is 2.83. The third-order valence-corrected chi connectivity index (χ3v) is 4.22. The number of carbonyl (C=O) groups excluding carboxylic acids is 1. The number of hydrogen-bond donors (Lipinski definition) is 0. The van der Waals surface area contributed by atoms with E-state index in [-0.39, 0.29) is 5.97 Å². The van der Waals surface area contributed by atoms with Crippen LogP contribution in [-0.2, 0) is 9.53 Å². The molecule has 0 saturated carbocycles. The van der Waals surface area contributed by atoms with Crippen LogP contribution in [0.25, 0.3) is 5.57 Å². The van der Waals surface area contributed by atoms with Crippen molar-refractivity contribution < 1.29 is 9.53 Å². The van der Waals surface area contributed by atoms with Gasteiger partial charge >= 0.3 is 5.97 Å². The largest absolute Gasteiger partial charge is 0.466 e. The summed E-state index contributed by atoms with van der Waals surface area (Å²) in [6.07, 6.45) is 4.71. The molecular formula is C18H24ClNO2. The highest BCUT2D eigenvalue weighted by molar-refractivity contribution is 6.30. The van der Waals surface area contributed by atoms with Crippen LogP contribution in [0.1, 0.15) is 37.3 Å². The van der Waals surface area contributed by atoms with Crippen LogP contribution in [0.15, 0.2) is 24.3 Å². The summed E-state index contributed by atoms with van der Waals surface area (Å²) in [6.45, 7) is 7.34. The number of rotatable bonds is 6. The normalized spacial score (nSPS) is 15.5. The Morgan fingerprint density at radius 3 is 2.86 bits per heavy atom. The van der Waals surface area contributed by atoms with Gasteiger partial charge in [-0.3, -0.25) is 9.69 Å². The van der Waals surface area contributed by atoms with Crippen LogP contribution in [0.4, 0.5) is 0 Å². The average molecular weight is 322 g/mol. The lowest BCUT2D eigenvalue weighted by Gasteiger charge is -2.26. The Hall–Kier alpha value is -1.32. The smallest absolute Gasteiger partial charge is 0.305 e. The topological polar surface area (TPSA) is 29.5 Å². The van der Waals surface area contributed by atoms with Crippen LogP contribution >= 0.6 is 11.6 Å². The predicted octanol–water partition coefficient (Wildman–Crippen LogP) is 4.08. The zero-order chi connectivity index (χ0) is 15.9. The number of hydrogen-bond acceptors (Lipinski definition) is 3. The SMILES string of the molecule is CCOC(=O)CCCN1CC=C(c2ccc(Cl)cc2C)CC1. The first-order chi connectivity index (χ1) is 10.6. The van der Waals surface area contributed by atoms with Crippen molar-refractivity contribution in [2.75, 3.05) is 26.2 Å². The predicted molar refractivity (Wildman–Crippen MR) is 91.1 cm³/mol. The molecule has 3 nitrogen and oxygen atoms in total. The van der Waals surface area contributed by atoms with Crippen molar-refractivity contribution in [1.82, 2.24) is 4.90 Å². The van der Waals surface area contributed by atoms with Crippen molar-refractivity contribution in [1.29, 1.82) is 0 Å². The van der Waals surface area contributed by atoms with Gasteiger partial charge in [0.05, 0.1) is 6.61 Å². The Bertz CT molecular complexity index is 554. The highest BCUT2D eigenvalue weighted by Crippen LogP contribution is 2.27. The second-order valence-corrected chi connectivity index (χ2v) is 6.08. The van der Waals surface area contributed by atoms with Crippen LogP contribution < -0.4 is 0 Å². The molecule has 0 amide bonds. The molecule has 0 saturated heterocycles. The van der Waals surface area contributed by atoms with Crippen molar-refractivity contribution in [2.45, 2.75) is 33.1 Å². The molecule has 1 aromatic carbocycles. The van der Waals surface area contributed by atoms with Crippen LogP contribution in [0.3, 0.4) is 0 Å². The number of carbonyl (C=O) groups is 1. The van der Waals surface area contributed by atoms with Gasteiger partial charge in [0.1, 0.15) is 0 Å². The van der Waals surface area contributed by atoms with Crippen molar-refractivity contribution in [3.8, 4) is 0 Å². The standard InChI is InChI=1S/C18H24ClNO2/c1-3-22-18(21)5-4-10-20-11-8-15(9-12-20)17-7-6-16(19)13-14(17)2/h6-8,13H,3-5,9-12H2,1-2H3. The maximum absolute atomic E-state index is 11.3. The van der Waals surface area contributed by atoms with E-state index < -0.39 is 0 Å². The Morgan fingerprint density at radius 1 is 1.41 bits per heavy atom. The number of aryl methyl sites for hydroxylation is 1. The van der Waals surface area contributed by atoms with Gasteiger partial charge in [-0.25, -0.2) is 0 Å². The van der Waals surface area contributed by atoms with Gasteiger partial charge in [-0.2, -0.15) is 0 Å². The number of halogens is 1. The van der Waals surface area contributed by atoms with Gasteiger partial charge in [0, 0.05) is 24.5 Å². The maximum Gasteiger partial charge on any atom is 0.305 e. The first-order valence-corrected chi connectivity index (χ1v) is 8.31. The van der Waals surface area contributed by atoms with Gasteiger partial charge in [0.15, 0.2) is 0 Å². The molecule has 0 bridgehead atoms. The first kappa shape index (κ1) is 17.0. The summed E-state index contributed by atoms with van der Waals surface area (Å²) >= 11 is 6.02. The average Bonchev–Trinajstić information content (AvgIpc) is 2.48. The number of ether oxygens (including phenoxy) is 1. The van der Waals surface area contributed by atoms with E-state index in [4.69, 9.17) is 16.3 Å². The fourth-order valence-corrected chi connectivity index (χ4v) is 3.05. The van der Waals surface area contributed by atoms with Crippen molar-refractivity contribution in [3.63, 3.8) is 0 Å². The van der Waals surface area contributed by atoms with Crippen molar-refractivity contribution >= 4 is 23.1 Å². The number of nitrogens with zero attached hydrogens (tertiary/aromatic N) is 1. The summed E-state index contributed by atoms with van der Waals surface area (Å²) < 4.78 is 4.95. The molecule has 22 heavy (non-hydrogen) atoms. The van der Waals surface area contributed by atoms with E-state index in [9.17, 15) is 4.79 Å². The molecule has 0 aliphatic carbocycles. The molecule has 120 valence electrons. The molecule has 0 fully saturated rings. The minimum Gasteiger partial charge on any atom is -0.466 e. The molecule has 4 heteroatoms. The number of esters is 1. The first-order valence-electron chi connectivity index (χ1n) is 7.93. The van der Waals surface area contributed by atoms with Gasteiger partial charge in [-0.1, -0.05) is 23.7 Å². The van der Waals surface area contributed by atoms with E-state index in [1.54, 1.807) is 0 Å². The summed E-state index contributed by atoms with van der Waals surface area (Å²) in [5.74, 6) is -0.0903. The summed E-state index contributed by atoms with van der Waals surface area (Å²) in [5.41, 5.74) is 3.93. The van der Waals surface area contributed by atoms with E-state index in [2.05, 4.69) is 24.0 Å². The minimum atomic E-state index is -0.0903. The Kier molecular flexibility index (Phi) is 6.47. The summed E-state index contributed by atoms with van der Waals surface area (Å²) in [7, 11) is 0. The molecule has 0 aromatic heterocycles. The van der Waals surface area contributed by atoms with Crippen LogP contribution in [0.2, 0.25) is 5.02 Å². The van der Waals surface area contributed by atoms with E-state index >= 15 is 0 Å². The molecule has 0 radical (unpaired) electrons. The van der Waals surface area contributed by atoms with Crippen molar-refractivity contribution in [3.05, 3.63) is 40.4 Å². The van der Waals surface area contributed by atoms with E-state index in [1.165, 1.54) is 16.7 Å². The third-order valence-electron chi connectivity index (χ3n) is 3.99. The van der Waals surface area contributed by atoms with Gasteiger partial charge in [-0.15, -0.1) is 0 Å². The molecule has 1 heterocycles. The van der Waals surface area contributed by atoms with Crippen molar-refractivity contribution in [2.24, 2.45) is 0 Å². The van der Waals surface area contributed by atoms with Gasteiger partial charge in [-0.05, 0) is 62.1 Å². The quantitative estimate of drug-likeness (QED) is 0.739. The fraction of sp³-hybridized carbons (Fsp3) is 0.500.